The van der Waals surface area contributed by atoms with Crippen molar-refractivity contribution in [1.82, 2.24) is 9.88 Å². The molecule has 3 N–H and O–H groups in total. The standard InChI is InChI=1S/C11H10IN3O/c1-15-3-2-5-4-14-9-6(5)10(15)7(12)8(13)11(9)16/h2-4,10,14H,13H2,1H3. The molecule has 1 aliphatic carbocycles. The van der Waals surface area contributed by atoms with Crippen molar-refractivity contribution in [2.75, 3.05) is 7.05 Å². The molecule has 0 radical (unpaired) electrons. The molecule has 82 valence electrons. The lowest BCUT2D eigenvalue weighted by Gasteiger charge is -2.33. The predicted molar refractivity (Wildman–Crippen MR) is 69.9 cm³/mol. The number of nitrogens with one attached hydrogen (secondary N) is 1. The number of likely N-dealkylation sites (N-methyl/N-ethyl adjacent to an activating group) is 1. The molecule has 1 aromatic rings. The number of Topliss-reactive ketones (excluding diaryl/α,β-unsaturated/α-hetero) is 1. The van der Waals surface area contributed by atoms with Crippen LogP contribution < -0.4 is 5.73 Å². The third-order valence-electron chi connectivity index (χ3n) is 3.09. The molecule has 3 rings (SSSR count). The predicted octanol–water partition coefficient (Wildman–Crippen LogP) is 1.77. The summed E-state index contributed by atoms with van der Waals surface area (Å²) in [5.41, 5.74) is 8.97. The fourth-order valence-corrected chi connectivity index (χ4v) is 3.25. The molecular formula is C11H10IN3O. The zero-order valence-corrected chi connectivity index (χ0v) is 10.8. The van der Waals surface area contributed by atoms with Crippen LogP contribution >= 0.6 is 22.6 Å². The van der Waals surface area contributed by atoms with Crippen LogP contribution in [-0.2, 0) is 0 Å². The van der Waals surface area contributed by atoms with Gasteiger partial charge in [0.2, 0.25) is 5.78 Å². The Morgan fingerprint density at radius 1 is 1.56 bits per heavy atom. The molecule has 0 aromatic carbocycles. The van der Waals surface area contributed by atoms with E-state index in [0.717, 1.165) is 14.7 Å². The third-order valence-corrected chi connectivity index (χ3v) is 4.26. The maximum absolute atomic E-state index is 12.0. The number of H-pyrrole nitrogens is 1. The molecule has 1 unspecified atom stereocenters. The van der Waals surface area contributed by atoms with E-state index in [4.69, 9.17) is 5.73 Å². The Balaban J connectivity index is 2.33. The number of hydrogen-bond donors (Lipinski definition) is 2. The average Bonchev–Trinajstić information content (AvgIpc) is 2.68. The van der Waals surface area contributed by atoms with Gasteiger partial charge in [0.05, 0.1) is 17.4 Å². The smallest absolute Gasteiger partial charge is 0.225 e. The van der Waals surface area contributed by atoms with Gasteiger partial charge in [-0.05, 0) is 34.2 Å². The van der Waals surface area contributed by atoms with Crippen LogP contribution in [0.1, 0.15) is 27.7 Å². The number of carbonyl (C=O) groups excluding carboxylic acids is 1. The summed E-state index contributed by atoms with van der Waals surface area (Å²) in [6.07, 6.45) is 5.87. The summed E-state index contributed by atoms with van der Waals surface area (Å²) in [4.78, 5) is 17.1. The molecule has 0 saturated carbocycles. The minimum absolute atomic E-state index is 0.0829. The molecule has 16 heavy (non-hydrogen) atoms. The van der Waals surface area contributed by atoms with Crippen molar-refractivity contribution in [1.29, 1.82) is 0 Å². The van der Waals surface area contributed by atoms with Gasteiger partial charge in [-0.15, -0.1) is 0 Å². The minimum Gasteiger partial charge on any atom is -0.395 e. The van der Waals surface area contributed by atoms with E-state index in [2.05, 4.69) is 32.5 Å². The molecule has 5 heteroatoms. The maximum Gasteiger partial charge on any atom is 0.225 e. The molecule has 1 aliphatic heterocycles. The van der Waals surface area contributed by atoms with Crippen molar-refractivity contribution < 1.29 is 4.79 Å². The number of allylic oxidation sites excluding steroid dienone is 1. The van der Waals surface area contributed by atoms with Crippen molar-refractivity contribution in [2.24, 2.45) is 5.73 Å². The largest absolute Gasteiger partial charge is 0.395 e. The first kappa shape index (κ1) is 9.95. The van der Waals surface area contributed by atoms with Crippen LogP contribution in [0.4, 0.5) is 0 Å². The first-order valence-electron chi connectivity index (χ1n) is 4.92. The van der Waals surface area contributed by atoms with E-state index in [1.807, 2.05) is 25.5 Å². The summed E-state index contributed by atoms with van der Waals surface area (Å²) < 4.78 is 0.905. The average molecular weight is 327 g/mol. The Labute approximate surface area is 106 Å². The number of nitrogens with two attached hydrogens (primary N) is 1. The molecule has 0 saturated heterocycles. The Bertz CT molecular complexity index is 556. The summed E-state index contributed by atoms with van der Waals surface area (Å²) in [6, 6.07) is 0.0829. The molecule has 0 spiro atoms. The van der Waals surface area contributed by atoms with Crippen LogP contribution in [0.2, 0.25) is 0 Å². The quantitative estimate of drug-likeness (QED) is 0.714. The van der Waals surface area contributed by atoms with Crippen LogP contribution in [0.15, 0.2) is 21.7 Å². The number of hydrogen-bond acceptors (Lipinski definition) is 3. The first-order valence-corrected chi connectivity index (χ1v) is 6.00. The maximum atomic E-state index is 12.0. The van der Waals surface area contributed by atoms with Crippen LogP contribution in [0.5, 0.6) is 0 Å². The van der Waals surface area contributed by atoms with Gasteiger partial charge in [0.25, 0.3) is 0 Å². The molecule has 4 nitrogen and oxygen atoms in total. The van der Waals surface area contributed by atoms with Gasteiger partial charge >= 0.3 is 0 Å². The highest BCUT2D eigenvalue weighted by Gasteiger charge is 2.36. The van der Waals surface area contributed by atoms with E-state index < -0.39 is 0 Å². The van der Waals surface area contributed by atoms with Gasteiger partial charge in [-0.1, -0.05) is 0 Å². The van der Waals surface area contributed by atoms with Crippen LogP contribution in [0.25, 0.3) is 6.08 Å². The van der Waals surface area contributed by atoms with Crippen molar-refractivity contribution in [3.8, 4) is 0 Å². The summed E-state index contributed by atoms with van der Waals surface area (Å²) in [6.45, 7) is 0. The van der Waals surface area contributed by atoms with E-state index >= 15 is 0 Å². The molecule has 0 bridgehead atoms. The second-order valence-corrected chi connectivity index (χ2v) is 5.17. The lowest BCUT2D eigenvalue weighted by Crippen LogP contribution is -2.31. The summed E-state index contributed by atoms with van der Waals surface area (Å²) in [5.74, 6) is -0.0920. The number of rotatable bonds is 0. The topological polar surface area (TPSA) is 62.1 Å². The fraction of sp³-hybridized carbons (Fsp3) is 0.182. The molecule has 1 aromatic heterocycles. The van der Waals surface area contributed by atoms with Gasteiger partial charge in [0.1, 0.15) is 0 Å². The lowest BCUT2D eigenvalue weighted by atomic mass is 9.90. The van der Waals surface area contributed by atoms with Crippen LogP contribution in [-0.4, -0.2) is 22.7 Å². The van der Waals surface area contributed by atoms with Gasteiger partial charge in [-0.3, -0.25) is 4.79 Å². The number of aromatic amines is 1. The summed E-state index contributed by atoms with van der Waals surface area (Å²) in [7, 11) is 1.99. The molecule has 2 aliphatic rings. The second kappa shape index (κ2) is 3.13. The Morgan fingerprint density at radius 2 is 2.31 bits per heavy atom. The van der Waals surface area contributed by atoms with E-state index in [9.17, 15) is 4.79 Å². The zero-order valence-electron chi connectivity index (χ0n) is 8.62. The Morgan fingerprint density at radius 3 is 3.06 bits per heavy atom. The number of ketones is 1. The van der Waals surface area contributed by atoms with Crippen LogP contribution in [0.3, 0.4) is 0 Å². The Hall–Kier alpha value is -1.24. The van der Waals surface area contributed by atoms with Crippen LogP contribution in [0, 0.1) is 0 Å². The highest BCUT2D eigenvalue weighted by molar-refractivity contribution is 14.1. The monoisotopic (exact) mass is 327 g/mol. The highest BCUT2D eigenvalue weighted by Crippen LogP contribution is 2.43. The molecule has 1 atom stereocenters. The normalized spacial score (nSPS) is 22.8. The van der Waals surface area contributed by atoms with Gasteiger partial charge in [0.15, 0.2) is 0 Å². The number of nitrogens with zero attached hydrogens (tertiary/aromatic N) is 1. The van der Waals surface area contributed by atoms with Gasteiger partial charge < -0.3 is 15.6 Å². The first-order chi connectivity index (χ1) is 7.61. The minimum atomic E-state index is -0.0920. The third kappa shape index (κ3) is 1.06. The molecule has 0 amide bonds. The highest BCUT2D eigenvalue weighted by atomic mass is 127. The van der Waals surface area contributed by atoms with Crippen molar-refractivity contribution in [2.45, 2.75) is 6.04 Å². The number of carbonyl (C=O) groups is 1. The molecule has 2 heterocycles. The summed E-state index contributed by atoms with van der Waals surface area (Å²) >= 11 is 2.16. The van der Waals surface area contributed by atoms with E-state index in [-0.39, 0.29) is 11.8 Å². The van der Waals surface area contributed by atoms with Gasteiger partial charge in [-0.2, -0.15) is 0 Å². The van der Waals surface area contributed by atoms with Crippen molar-refractivity contribution in [3.63, 3.8) is 0 Å². The van der Waals surface area contributed by atoms with Gasteiger partial charge in [-0.25, -0.2) is 0 Å². The fourth-order valence-electron chi connectivity index (χ4n) is 2.25. The van der Waals surface area contributed by atoms with Gasteiger partial charge in [0, 0.05) is 28.6 Å². The molecule has 0 fully saturated rings. The van der Waals surface area contributed by atoms with E-state index in [1.165, 1.54) is 0 Å². The SMILES string of the molecule is CN1C=Cc2c[nH]c3c2C1C(I)=C(N)C3=O. The number of aromatic nitrogens is 1. The lowest BCUT2D eigenvalue weighted by molar-refractivity contribution is 0.102. The Kier molecular flexibility index (Phi) is 1.95. The number of halogens is 1. The second-order valence-electron chi connectivity index (χ2n) is 4.01. The molecular weight excluding hydrogens is 317 g/mol. The van der Waals surface area contributed by atoms with Crippen molar-refractivity contribution >= 4 is 34.5 Å². The summed E-state index contributed by atoms with van der Waals surface area (Å²) in [5, 5.41) is 0. The van der Waals surface area contributed by atoms with E-state index in [1.54, 1.807) is 0 Å². The van der Waals surface area contributed by atoms with Crippen molar-refractivity contribution in [3.05, 3.63) is 38.5 Å². The van der Waals surface area contributed by atoms with E-state index in [0.29, 0.717) is 11.4 Å². The zero-order chi connectivity index (χ0) is 11.4.